The van der Waals surface area contributed by atoms with Gasteiger partial charge in [-0.2, -0.15) is 0 Å². The summed E-state index contributed by atoms with van der Waals surface area (Å²) < 4.78 is 14.0. The summed E-state index contributed by atoms with van der Waals surface area (Å²) in [4.78, 5) is 20.6. The molecule has 0 atom stereocenters. The molecule has 0 saturated carbocycles. The Hall–Kier alpha value is -1.21. The van der Waals surface area contributed by atoms with Crippen LogP contribution in [0.5, 0.6) is 0 Å². The van der Waals surface area contributed by atoms with Crippen molar-refractivity contribution in [2.24, 2.45) is 0 Å². The van der Waals surface area contributed by atoms with Crippen LogP contribution in [0.4, 0.5) is 0 Å². The summed E-state index contributed by atoms with van der Waals surface area (Å²) in [6.45, 7) is -0.616. The lowest BCUT2D eigenvalue weighted by atomic mass is 10.2. The minimum Gasteiger partial charge on any atom is -0.469 e. The zero-order valence-electron chi connectivity index (χ0n) is 8.31. The summed E-state index contributed by atoms with van der Waals surface area (Å²) in [5, 5.41) is 10.3. The van der Waals surface area contributed by atoms with Gasteiger partial charge >= 0.3 is 5.97 Å². The molecule has 0 N–H and O–H groups in total. The number of esters is 1. The molecule has 0 radical (unpaired) electrons. The molecule has 0 aliphatic rings. The second kappa shape index (κ2) is 5.51. The van der Waals surface area contributed by atoms with E-state index in [1.807, 2.05) is 0 Å². The molecule has 0 spiro atoms. The lowest BCUT2D eigenvalue weighted by Crippen LogP contribution is -2.43. The fraction of sp³-hybridized carbons (Fsp3) is 0.857. The quantitative estimate of drug-likeness (QED) is 0.260. The zero-order valence-corrected chi connectivity index (χ0v) is 8.31. The van der Waals surface area contributed by atoms with E-state index in [4.69, 9.17) is 9.47 Å². The molecule has 0 aromatic heterocycles. The second-order valence-electron chi connectivity index (χ2n) is 2.56. The second-order valence-corrected chi connectivity index (χ2v) is 2.56. The molecule has 0 saturated heterocycles. The SMILES string of the molecule is COC(=O)CC(C[N+](=O)[O-])(OC)OC. The van der Waals surface area contributed by atoms with Crippen molar-refractivity contribution < 1.29 is 23.9 Å². The van der Waals surface area contributed by atoms with Gasteiger partial charge in [-0.3, -0.25) is 14.9 Å². The minimum absolute atomic E-state index is 0.322. The van der Waals surface area contributed by atoms with Gasteiger partial charge in [0.05, 0.1) is 7.11 Å². The Labute approximate surface area is 81.1 Å². The van der Waals surface area contributed by atoms with Crippen molar-refractivity contribution >= 4 is 5.97 Å². The van der Waals surface area contributed by atoms with E-state index in [0.717, 1.165) is 0 Å². The van der Waals surface area contributed by atoms with Crippen LogP contribution in [0.25, 0.3) is 0 Å². The number of hydrogen-bond acceptors (Lipinski definition) is 6. The first kappa shape index (κ1) is 12.8. The smallest absolute Gasteiger partial charge is 0.311 e. The lowest BCUT2D eigenvalue weighted by Gasteiger charge is -2.25. The van der Waals surface area contributed by atoms with Crippen LogP contribution >= 0.6 is 0 Å². The Bertz CT molecular complexity index is 212. The van der Waals surface area contributed by atoms with Gasteiger partial charge in [-0.25, -0.2) is 0 Å². The normalized spacial score (nSPS) is 11.1. The van der Waals surface area contributed by atoms with Crippen molar-refractivity contribution in [2.75, 3.05) is 27.9 Å². The maximum atomic E-state index is 10.9. The van der Waals surface area contributed by atoms with E-state index < -0.39 is 23.2 Å². The highest BCUT2D eigenvalue weighted by Crippen LogP contribution is 2.17. The zero-order chi connectivity index (χ0) is 11.2. The monoisotopic (exact) mass is 207 g/mol. The molecule has 0 rings (SSSR count). The Morgan fingerprint density at radius 1 is 1.36 bits per heavy atom. The molecule has 7 nitrogen and oxygen atoms in total. The number of rotatable bonds is 6. The van der Waals surface area contributed by atoms with E-state index in [2.05, 4.69) is 4.74 Å². The molecule has 14 heavy (non-hydrogen) atoms. The van der Waals surface area contributed by atoms with Gasteiger partial charge in [-0.05, 0) is 0 Å². The third-order valence-electron chi connectivity index (χ3n) is 1.76. The molecule has 0 amide bonds. The molecule has 0 aromatic carbocycles. The summed E-state index contributed by atoms with van der Waals surface area (Å²) in [6, 6.07) is 0. The van der Waals surface area contributed by atoms with Crippen LogP contribution in [0.1, 0.15) is 6.42 Å². The van der Waals surface area contributed by atoms with Crippen molar-refractivity contribution in [3.8, 4) is 0 Å². The Morgan fingerprint density at radius 2 is 1.86 bits per heavy atom. The van der Waals surface area contributed by atoms with E-state index in [0.29, 0.717) is 0 Å². The van der Waals surface area contributed by atoms with Gasteiger partial charge in [-0.15, -0.1) is 0 Å². The summed E-state index contributed by atoms with van der Waals surface area (Å²) >= 11 is 0. The number of methoxy groups -OCH3 is 3. The maximum absolute atomic E-state index is 10.9. The predicted octanol–water partition coefficient (Wildman–Crippen LogP) is -0.185. The van der Waals surface area contributed by atoms with Gasteiger partial charge in [-0.1, -0.05) is 0 Å². The molecule has 0 aliphatic heterocycles. The van der Waals surface area contributed by atoms with Gasteiger partial charge in [0, 0.05) is 19.1 Å². The molecule has 7 heteroatoms. The largest absolute Gasteiger partial charge is 0.469 e. The summed E-state index contributed by atoms with van der Waals surface area (Å²) in [5.74, 6) is -2.17. The van der Waals surface area contributed by atoms with Gasteiger partial charge in [0.2, 0.25) is 5.79 Å². The molecular weight excluding hydrogens is 194 g/mol. The van der Waals surface area contributed by atoms with E-state index in [-0.39, 0.29) is 6.42 Å². The molecule has 82 valence electrons. The standard InChI is InChI=1S/C7H13NO6/c1-12-6(9)4-7(13-2,14-3)5-8(10)11/h4-5H2,1-3H3. The molecular formula is C7H13NO6. The van der Waals surface area contributed by atoms with Crippen LogP contribution < -0.4 is 0 Å². The molecule has 0 aliphatic carbocycles. The summed E-state index contributed by atoms with van der Waals surface area (Å²) in [7, 11) is 3.65. The molecule has 0 fully saturated rings. The third kappa shape index (κ3) is 3.67. The maximum Gasteiger partial charge on any atom is 0.311 e. The van der Waals surface area contributed by atoms with E-state index in [9.17, 15) is 14.9 Å². The first-order chi connectivity index (χ1) is 6.49. The van der Waals surface area contributed by atoms with Gasteiger partial charge in [0.1, 0.15) is 6.42 Å². The molecule has 0 unspecified atom stereocenters. The first-order valence-corrected chi connectivity index (χ1v) is 3.78. The number of nitrogens with zero attached hydrogens (tertiary/aromatic N) is 1. The van der Waals surface area contributed by atoms with Crippen LogP contribution in [0, 0.1) is 10.1 Å². The highest BCUT2D eigenvalue weighted by atomic mass is 16.7. The summed E-state index contributed by atoms with van der Waals surface area (Å²) in [6.07, 6.45) is -0.322. The molecule has 0 aromatic rings. The van der Waals surface area contributed by atoms with E-state index in [1.54, 1.807) is 0 Å². The average Bonchev–Trinajstić information content (AvgIpc) is 2.15. The van der Waals surface area contributed by atoms with Crippen molar-refractivity contribution in [2.45, 2.75) is 12.2 Å². The third-order valence-corrected chi connectivity index (χ3v) is 1.76. The average molecular weight is 207 g/mol. The Morgan fingerprint density at radius 3 is 2.14 bits per heavy atom. The van der Waals surface area contributed by atoms with Crippen molar-refractivity contribution in [1.82, 2.24) is 0 Å². The van der Waals surface area contributed by atoms with Gasteiger partial charge < -0.3 is 14.2 Å². The first-order valence-electron chi connectivity index (χ1n) is 3.78. The summed E-state index contributed by atoms with van der Waals surface area (Å²) in [5.41, 5.74) is 0. The lowest BCUT2D eigenvalue weighted by molar-refractivity contribution is -0.520. The molecule has 0 bridgehead atoms. The Balaban J connectivity index is 4.51. The van der Waals surface area contributed by atoms with Crippen molar-refractivity contribution in [3.63, 3.8) is 0 Å². The highest BCUT2D eigenvalue weighted by molar-refractivity contribution is 5.70. The molecule has 0 heterocycles. The van der Waals surface area contributed by atoms with E-state index >= 15 is 0 Å². The van der Waals surface area contributed by atoms with Crippen molar-refractivity contribution in [3.05, 3.63) is 10.1 Å². The van der Waals surface area contributed by atoms with Gasteiger partial charge in [0.15, 0.2) is 0 Å². The number of carbonyl (C=O) groups is 1. The number of ether oxygens (including phenoxy) is 3. The highest BCUT2D eigenvalue weighted by Gasteiger charge is 2.39. The van der Waals surface area contributed by atoms with Crippen LogP contribution in [-0.2, 0) is 19.0 Å². The van der Waals surface area contributed by atoms with Crippen LogP contribution in [-0.4, -0.2) is 44.6 Å². The van der Waals surface area contributed by atoms with Crippen molar-refractivity contribution in [1.29, 1.82) is 0 Å². The van der Waals surface area contributed by atoms with Gasteiger partial charge in [0.25, 0.3) is 6.54 Å². The van der Waals surface area contributed by atoms with Crippen LogP contribution in [0.3, 0.4) is 0 Å². The van der Waals surface area contributed by atoms with Crippen LogP contribution in [0.2, 0.25) is 0 Å². The Kier molecular flexibility index (Phi) is 5.03. The number of hydrogen-bond donors (Lipinski definition) is 0. The van der Waals surface area contributed by atoms with Crippen LogP contribution in [0.15, 0.2) is 0 Å². The fourth-order valence-corrected chi connectivity index (χ4v) is 0.901. The minimum atomic E-state index is -1.55. The predicted molar refractivity (Wildman–Crippen MR) is 45.2 cm³/mol. The fourth-order valence-electron chi connectivity index (χ4n) is 0.901. The number of carbonyl (C=O) groups excluding carboxylic acids is 1. The number of nitro groups is 1. The topological polar surface area (TPSA) is 87.9 Å². The van der Waals surface area contributed by atoms with E-state index in [1.165, 1.54) is 21.3 Å².